The van der Waals surface area contributed by atoms with Crippen molar-refractivity contribution in [3.8, 4) is 0 Å². The first-order valence-corrected chi connectivity index (χ1v) is 5.35. The highest BCUT2D eigenvalue weighted by molar-refractivity contribution is 5.29. The van der Waals surface area contributed by atoms with Gasteiger partial charge in [0, 0.05) is 24.0 Å². The molecule has 0 amide bonds. The van der Waals surface area contributed by atoms with Crippen molar-refractivity contribution in [3.05, 3.63) is 23.0 Å². The van der Waals surface area contributed by atoms with Crippen LogP contribution in [0.4, 0.5) is 0 Å². The van der Waals surface area contributed by atoms with Gasteiger partial charge in [0.1, 0.15) is 0 Å². The van der Waals surface area contributed by atoms with E-state index in [4.69, 9.17) is 5.73 Å². The van der Waals surface area contributed by atoms with E-state index in [0.717, 1.165) is 6.54 Å². The Morgan fingerprint density at radius 1 is 1.29 bits per heavy atom. The van der Waals surface area contributed by atoms with Crippen LogP contribution in [0.1, 0.15) is 43.8 Å². The number of nitrogens with zero attached hydrogens (tertiary/aromatic N) is 1. The van der Waals surface area contributed by atoms with Crippen molar-refractivity contribution >= 4 is 0 Å². The largest absolute Gasteiger partial charge is 0.349 e. The number of nitrogens with two attached hydrogens (primary N) is 1. The third-order valence-corrected chi connectivity index (χ3v) is 2.65. The number of hydrogen-bond donors (Lipinski definition) is 1. The molecule has 0 aliphatic rings. The summed E-state index contributed by atoms with van der Waals surface area (Å²) in [4.78, 5) is 0. The second-order valence-corrected chi connectivity index (χ2v) is 4.62. The van der Waals surface area contributed by atoms with Gasteiger partial charge in [0.15, 0.2) is 0 Å². The van der Waals surface area contributed by atoms with Crippen LogP contribution in [-0.4, -0.2) is 4.57 Å². The standard InChI is InChI=1S/C12H22N2/c1-8(2)7-14-9(3)6-12(10(4)13)11(14)5/h6,8,10H,7,13H2,1-5H3. The topological polar surface area (TPSA) is 30.9 Å². The molecule has 1 atom stereocenters. The molecule has 1 heterocycles. The SMILES string of the molecule is Cc1cc(C(C)N)c(C)n1CC(C)C. The van der Waals surface area contributed by atoms with Crippen molar-refractivity contribution in [2.24, 2.45) is 11.7 Å². The number of rotatable bonds is 3. The Bertz CT molecular complexity index is 308. The van der Waals surface area contributed by atoms with Gasteiger partial charge in [0.25, 0.3) is 0 Å². The Morgan fingerprint density at radius 3 is 2.21 bits per heavy atom. The van der Waals surface area contributed by atoms with Gasteiger partial charge in [-0.3, -0.25) is 0 Å². The Morgan fingerprint density at radius 2 is 1.86 bits per heavy atom. The maximum absolute atomic E-state index is 5.91. The van der Waals surface area contributed by atoms with E-state index in [1.807, 2.05) is 6.92 Å². The predicted octanol–water partition coefficient (Wildman–Crippen LogP) is 2.78. The van der Waals surface area contributed by atoms with Crippen LogP contribution in [-0.2, 0) is 6.54 Å². The van der Waals surface area contributed by atoms with Crippen molar-refractivity contribution in [1.29, 1.82) is 0 Å². The van der Waals surface area contributed by atoms with E-state index in [-0.39, 0.29) is 6.04 Å². The molecule has 1 rings (SSSR count). The van der Waals surface area contributed by atoms with Gasteiger partial charge < -0.3 is 10.3 Å². The minimum atomic E-state index is 0.141. The van der Waals surface area contributed by atoms with E-state index < -0.39 is 0 Å². The predicted molar refractivity (Wildman–Crippen MR) is 61.3 cm³/mol. The maximum atomic E-state index is 5.91. The van der Waals surface area contributed by atoms with Crippen LogP contribution in [0.5, 0.6) is 0 Å². The zero-order valence-corrected chi connectivity index (χ0v) is 9.96. The lowest BCUT2D eigenvalue weighted by Crippen LogP contribution is -2.10. The summed E-state index contributed by atoms with van der Waals surface area (Å²) in [6, 6.07) is 2.35. The van der Waals surface area contributed by atoms with Crippen molar-refractivity contribution in [2.45, 2.75) is 47.2 Å². The van der Waals surface area contributed by atoms with Gasteiger partial charge in [0.05, 0.1) is 0 Å². The molecular weight excluding hydrogens is 172 g/mol. The second-order valence-electron chi connectivity index (χ2n) is 4.62. The number of hydrogen-bond acceptors (Lipinski definition) is 1. The highest BCUT2D eigenvalue weighted by atomic mass is 15.0. The summed E-state index contributed by atoms with van der Waals surface area (Å²) >= 11 is 0. The summed E-state index contributed by atoms with van der Waals surface area (Å²) in [5.74, 6) is 0.681. The first-order valence-electron chi connectivity index (χ1n) is 5.35. The van der Waals surface area contributed by atoms with Gasteiger partial charge >= 0.3 is 0 Å². The monoisotopic (exact) mass is 194 g/mol. The normalized spacial score (nSPS) is 13.6. The van der Waals surface area contributed by atoms with E-state index >= 15 is 0 Å². The van der Waals surface area contributed by atoms with Crippen LogP contribution in [0.15, 0.2) is 6.07 Å². The average molecular weight is 194 g/mol. The van der Waals surface area contributed by atoms with Gasteiger partial charge in [-0.05, 0) is 38.3 Å². The quantitative estimate of drug-likeness (QED) is 0.788. The van der Waals surface area contributed by atoms with Crippen molar-refractivity contribution in [1.82, 2.24) is 4.57 Å². The first-order chi connectivity index (χ1) is 6.43. The average Bonchev–Trinajstić information content (AvgIpc) is 2.31. The molecule has 2 N–H and O–H groups in total. The van der Waals surface area contributed by atoms with Gasteiger partial charge in [-0.15, -0.1) is 0 Å². The van der Waals surface area contributed by atoms with Crippen LogP contribution in [0, 0.1) is 19.8 Å². The lowest BCUT2D eigenvalue weighted by atomic mass is 10.1. The highest BCUT2D eigenvalue weighted by Gasteiger charge is 2.12. The lowest BCUT2D eigenvalue weighted by molar-refractivity contribution is 0.507. The van der Waals surface area contributed by atoms with Crippen molar-refractivity contribution < 1.29 is 0 Å². The summed E-state index contributed by atoms with van der Waals surface area (Å²) in [7, 11) is 0. The van der Waals surface area contributed by atoms with E-state index in [0.29, 0.717) is 5.92 Å². The number of aryl methyl sites for hydroxylation is 1. The molecule has 1 aromatic rings. The molecular formula is C12H22N2. The Labute approximate surface area is 87.1 Å². The third kappa shape index (κ3) is 2.18. The number of aromatic nitrogens is 1. The highest BCUT2D eigenvalue weighted by Crippen LogP contribution is 2.21. The molecule has 0 aromatic carbocycles. The maximum Gasteiger partial charge on any atom is 0.0284 e. The zero-order valence-electron chi connectivity index (χ0n) is 9.96. The summed E-state index contributed by atoms with van der Waals surface area (Å²) in [5, 5.41) is 0. The van der Waals surface area contributed by atoms with Crippen LogP contribution >= 0.6 is 0 Å². The van der Waals surface area contributed by atoms with Gasteiger partial charge in [0.2, 0.25) is 0 Å². The molecule has 2 heteroatoms. The van der Waals surface area contributed by atoms with Crippen molar-refractivity contribution in [2.75, 3.05) is 0 Å². The fourth-order valence-corrected chi connectivity index (χ4v) is 1.93. The van der Waals surface area contributed by atoms with Gasteiger partial charge in [-0.25, -0.2) is 0 Å². The second kappa shape index (κ2) is 4.18. The van der Waals surface area contributed by atoms with Crippen LogP contribution < -0.4 is 5.73 Å². The third-order valence-electron chi connectivity index (χ3n) is 2.65. The summed E-state index contributed by atoms with van der Waals surface area (Å²) in [6.45, 7) is 11.9. The summed E-state index contributed by atoms with van der Waals surface area (Å²) < 4.78 is 2.36. The summed E-state index contributed by atoms with van der Waals surface area (Å²) in [6.07, 6.45) is 0. The molecule has 1 unspecified atom stereocenters. The smallest absolute Gasteiger partial charge is 0.0284 e. The van der Waals surface area contributed by atoms with E-state index in [1.54, 1.807) is 0 Å². The minimum Gasteiger partial charge on any atom is -0.349 e. The van der Waals surface area contributed by atoms with Crippen LogP contribution in [0.2, 0.25) is 0 Å². The minimum absolute atomic E-state index is 0.141. The molecule has 14 heavy (non-hydrogen) atoms. The van der Waals surface area contributed by atoms with Gasteiger partial charge in [-0.2, -0.15) is 0 Å². The molecule has 0 aliphatic heterocycles. The Kier molecular flexibility index (Phi) is 3.38. The summed E-state index contributed by atoms with van der Waals surface area (Å²) in [5.41, 5.74) is 9.84. The van der Waals surface area contributed by atoms with Gasteiger partial charge in [-0.1, -0.05) is 13.8 Å². The molecule has 0 saturated carbocycles. The fourth-order valence-electron chi connectivity index (χ4n) is 1.93. The van der Waals surface area contributed by atoms with E-state index in [1.165, 1.54) is 17.0 Å². The molecule has 0 bridgehead atoms. The van der Waals surface area contributed by atoms with Crippen LogP contribution in [0.3, 0.4) is 0 Å². The molecule has 0 fully saturated rings. The Balaban J connectivity index is 3.05. The van der Waals surface area contributed by atoms with E-state index in [2.05, 4.69) is 38.3 Å². The molecule has 80 valence electrons. The molecule has 0 saturated heterocycles. The zero-order chi connectivity index (χ0) is 10.9. The fraction of sp³-hybridized carbons (Fsp3) is 0.667. The molecule has 2 nitrogen and oxygen atoms in total. The van der Waals surface area contributed by atoms with Crippen molar-refractivity contribution in [3.63, 3.8) is 0 Å². The first kappa shape index (κ1) is 11.3. The Hall–Kier alpha value is -0.760. The lowest BCUT2D eigenvalue weighted by Gasteiger charge is -2.13. The molecule has 0 aliphatic carbocycles. The van der Waals surface area contributed by atoms with E-state index in [9.17, 15) is 0 Å². The molecule has 0 spiro atoms. The molecule has 0 radical (unpaired) electrons. The van der Waals surface area contributed by atoms with Crippen LogP contribution in [0.25, 0.3) is 0 Å². The molecule has 1 aromatic heterocycles.